The Kier molecular flexibility index (Phi) is 4.34. The van der Waals surface area contributed by atoms with Crippen molar-refractivity contribution in [1.29, 1.82) is 0 Å². The molecule has 0 radical (unpaired) electrons. The van der Waals surface area contributed by atoms with E-state index in [4.69, 9.17) is 0 Å². The third kappa shape index (κ3) is 3.33. The Hall–Kier alpha value is -2.88. The summed E-state index contributed by atoms with van der Waals surface area (Å²) in [6.07, 6.45) is 7.33. The molecule has 0 aliphatic carbocycles. The number of carbonyl (C=O) groups excluding carboxylic acids is 1. The standard InChI is InChI=1S/C21H21N3O/c25-21(23-13-7-6-9-18-8-4-5-12-20(18)23)14-17-15-22-24(16-17)19-10-2-1-3-11-19/h1-5,8,10-12,15-16H,6-7,9,13-14H2. The second kappa shape index (κ2) is 6.93. The zero-order valence-electron chi connectivity index (χ0n) is 14.1. The molecule has 126 valence electrons. The summed E-state index contributed by atoms with van der Waals surface area (Å²) in [5, 5.41) is 4.39. The first kappa shape index (κ1) is 15.6. The Morgan fingerprint density at radius 1 is 1.00 bits per heavy atom. The van der Waals surface area contributed by atoms with Crippen molar-refractivity contribution in [3.8, 4) is 5.69 Å². The van der Waals surface area contributed by atoms with Gasteiger partial charge in [-0.15, -0.1) is 0 Å². The van der Waals surface area contributed by atoms with Gasteiger partial charge in [-0.1, -0.05) is 36.4 Å². The molecule has 0 bridgehead atoms. The highest BCUT2D eigenvalue weighted by atomic mass is 16.2. The van der Waals surface area contributed by atoms with E-state index in [1.807, 2.05) is 52.2 Å². The van der Waals surface area contributed by atoms with Gasteiger partial charge in [0.1, 0.15) is 0 Å². The molecule has 0 unspecified atom stereocenters. The molecular formula is C21H21N3O. The van der Waals surface area contributed by atoms with E-state index in [0.29, 0.717) is 6.42 Å². The van der Waals surface area contributed by atoms with E-state index in [1.165, 1.54) is 5.56 Å². The number of nitrogens with zero attached hydrogens (tertiary/aromatic N) is 3. The number of benzene rings is 2. The number of hydrogen-bond donors (Lipinski definition) is 0. The minimum atomic E-state index is 0.141. The topological polar surface area (TPSA) is 38.1 Å². The maximum Gasteiger partial charge on any atom is 0.231 e. The van der Waals surface area contributed by atoms with E-state index < -0.39 is 0 Å². The van der Waals surface area contributed by atoms with Crippen molar-refractivity contribution in [2.45, 2.75) is 25.7 Å². The van der Waals surface area contributed by atoms with Gasteiger partial charge < -0.3 is 4.90 Å². The van der Waals surface area contributed by atoms with Crippen molar-refractivity contribution in [2.75, 3.05) is 11.4 Å². The Bertz CT molecular complexity index is 870. The SMILES string of the molecule is O=C(Cc1cnn(-c2ccccc2)c1)N1CCCCc2ccccc21. The molecule has 0 fully saturated rings. The van der Waals surface area contributed by atoms with Gasteiger partial charge in [0.15, 0.2) is 0 Å². The van der Waals surface area contributed by atoms with Crippen LogP contribution >= 0.6 is 0 Å². The molecule has 1 aliphatic rings. The molecular weight excluding hydrogens is 310 g/mol. The number of rotatable bonds is 3. The molecule has 0 saturated carbocycles. The van der Waals surface area contributed by atoms with Crippen LogP contribution in [0.3, 0.4) is 0 Å². The lowest BCUT2D eigenvalue weighted by molar-refractivity contribution is -0.118. The number of amides is 1. The zero-order chi connectivity index (χ0) is 17.1. The van der Waals surface area contributed by atoms with Crippen LogP contribution in [-0.2, 0) is 17.6 Å². The molecule has 1 aromatic heterocycles. The molecule has 25 heavy (non-hydrogen) atoms. The van der Waals surface area contributed by atoms with E-state index in [9.17, 15) is 4.79 Å². The van der Waals surface area contributed by atoms with Crippen molar-refractivity contribution >= 4 is 11.6 Å². The molecule has 2 aromatic carbocycles. The lowest BCUT2D eigenvalue weighted by atomic mass is 10.1. The normalized spacial score (nSPS) is 14.0. The van der Waals surface area contributed by atoms with Gasteiger partial charge >= 0.3 is 0 Å². The lowest BCUT2D eigenvalue weighted by Gasteiger charge is -2.22. The number of aryl methyl sites for hydroxylation is 1. The Labute approximate surface area is 147 Å². The molecule has 4 nitrogen and oxygen atoms in total. The van der Waals surface area contributed by atoms with Crippen LogP contribution in [0.2, 0.25) is 0 Å². The number of carbonyl (C=O) groups is 1. The average molecular weight is 331 g/mol. The molecule has 0 spiro atoms. The van der Waals surface area contributed by atoms with Gasteiger partial charge in [0.05, 0.1) is 18.3 Å². The van der Waals surface area contributed by atoms with E-state index in [0.717, 1.165) is 42.7 Å². The number of para-hydroxylation sites is 2. The van der Waals surface area contributed by atoms with Gasteiger partial charge in [-0.2, -0.15) is 5.10 Å². The second-order valence-electron chi connectivity index (χ2n) is 6.44. The third-order valence-corrected chi connectivity index (χ3v) is 4.67. The summed E-state index contributed by atoms with van der Waals surface area (Å²) in [4.78, 5) is 14.9. The quantitative estimate of drug-likeness (QED) is 0.732. The van der Waals surface area contributed by atoms with E-state index in [2.05, 4.69) is 23.3 Å². The fourth-order valence-electron chi connectivity index (χ4n) is 3.39. The molecule has 0 saturated heterocycles. The highest BCUT2D eigenvalue weighted by molar-refractivity contribution is 5.95. The summed E-state index contributed by atoms with van der Waals surface area (Å²) in [6.45, 7) is 0.794. The van der Waals surface area contributed by atoms with Gasteiger partial charge in [0.25, 0.3) is 0 Å². The van der Waals surface area contributed by atoms with Crippen molar-refractivity contribution < 1.29 is 4.79 Å². The predicted octanol–water partition coefficient (Wildman–Crippen LogP) is 3.78. The summed E-state index contributed by atoms with van der Waals surface area (Å²) in [5.41, 5.74) is 4.28. The smallest absolute Gasteiger partial charge is 0.231 e. The van der Waals surface area contributed by atoms with Crippen LogP contribution in [0.1, 0.15) is 24.0 Å². The summed E-state index contributed by atoms with van der Waals surface area (Å²) < 4.78 is 1.82. The molecule has 1 amide bonds. The van der Waals surface area contributed by atoms with Crippen LogP contribution in [0.15, 0.2) is 67.0 Å². The van der Waals surface area contributed by atoms with Crippen LogP contribution in [-0.4, -0.2) is 22.2 Å². The summed E-state index contributed by atoms with van der Waals surface area (Å²) in [5.74, 6) is 0.141. The van der Waals surface area contributed by atoms with Crippen molar-refractivity contribution in [3.05, 3.63) is 78.1 Å². The molecule has 3 aromatic rings. The monoisotopic (exact) mass is 331 g/mol. The fraction of sp³-hybridized carbons (Fsp3) is 0.238. The Balaban J connectivity index is 1.54. The molecule has 0 atom stereocenters. The van der Waals surface area contributed by atoms with Gasteiger partial charge in [-0.25, -0.2) is 4.68 Å². The van der Waals surface area contributed by atoms with Gasteiger partial charge in [0, 0.05) is 18.4 Å². The first-order chi connectivity index (χ1) is 12.3. The summed E-state index contributed by atoms with van der Waals surface area (Å²) in [7, 11) is 0. The zero-order valence-corrected chi connectivity index (χ0v) is 14.1. The maximum absolute atomic E-state index is 12.9. The Morgan fingerprint density at radius 2 is 1.80 bits per heavy atom. The second-order valence-corrected chi connectivity index (χ2v) is 6.44. The highest BCUT2D eigenvalue weighted by Crippen LogP contribution is 2.26. The number of anilines is 1. The van der Waals surface area contributed by atoms with Gasteiger partial charge in [-0.05, 0) is 48.6 Å². The molecule has 0 N–H and O–H groups in total. The van der Waals surface area contributed by atoms with E-state index in [1.54, 1.807) is 6.20 Å². The minimum Gasteiger partial charge on any atom is -0.312 e. The first-order valence-corrected chi connectivity index (χ1v) is 8.78. The summed E-state index contributed by atoms with van der Waals surface area (Å²) in [6, 6.07) is 18.2. The highest BCUT2D eigenvalue weighted by Gasteiger charge is 2.21. The van der Waals surface area contributed by atoms with Gasteiger partial charge in [0.2, 0.25) is 5.91 Å². The van der Waals surface area contributed by atoms with Crippen LogP contribution in [0, 0.1) is 0 Å². The van der Waals surface area contributed by atoms with E-state index >= 15 is 0 Å². The fourth-order valence-corrected chi connectivity index (χ4v) is 3.39. The first-order valence-electron chi connectivity index (χ1n) is 8.78. The number of hydrogen-bond acceptors (Lipinski definition) is 2. The van der Waals surface area contributed by atoms with Crippen LogP contribution in [0.5, 0.6) is 0 Å². The molecule has 1 aliphatic heterocycles. The van der Waals surface area contributed by atoms with Crippen molar-refractivity contribution in [1.82, 2.24) is 9.78 Å². The molecule has 2 heterocycles. The number of fused-ring (bicyclic) bond motifs is 1. The molecule has 4 rings (SSSR count). The summed E-state index contributed by atoms with van der Waals surface area (Å²) >= 11 is 0. The minimum absolute atomic E-state index is 0.141. The van der Waals surface area contributed by atoms with Crippen LogP contribution in [0.4, 0.5) is 5.69 Å². The van der Waals surface area contributed by atoms with Crippen LogP contribution < -0.4 is 4.90 Å². The Morgan fingerprint density at radius 3 is 2.68 bits per heavy atom. The van der Waals surface area contributed by atoms with E-state index in [-0.39, 0.29) is 5.91 Å². The average Bonchev–Trinajstić information content (AvgIpc) is 3.00. The number of aromatic nitrogens is 2. The maximum atomic E-state index is 12.9. The van der Waals surface area contributed by atoms with Crippen molar-refractivity contribution in [2.24, 2.45) is 0 Å². The largest absolute Gasteiger partial charge is 0.312 e. The van der Waals surface area contributed by atoms with Crippen LogP contribution in [0.25, 0.3) is 5.69 Å². The third-order valence-electron chi connectivity index (χ3n) is 4.67. The predicted molar refractivity (Wildman–Crippen MR) is 99.0 cm³/mol. The van der Waals surface area contributed by atoms with Gasteiger partial charge in [-0.3, -0.25) is 4.79 Å². The molecule has 4 heteroatoms. The lowest BCUT2D eigenvalue weighted by Crippen LogP contribution is -2.33. The van der Waals surface area contributed by atoms with Crippen molar-refractivity contribution in [3.63, 3.8) is 0 Å².